The molecule has 6 nitrogen and oxygen atoms in total. The lowest BCUT2D eigenvalue weighted by Gasteiger charge is -2.32. The number of benzene rings is 1. The summed E-state index contributed by atoms with van der Waals surface area (Å²) in [4.78, 5) is 19.4. The van der Waals surface area contributed by atoms with E-state index in [9.17, 15) is 4.79 Å². The lowest BCUT2D eigenvalue weighted by Crippen LogP contribution is -2.44. The predicted octanol–water partition coefficient (Wildman–Crippen LogP) is 3.71. The van der Waals surface area contributed by atoms with Gasteiger partial charge >= 0.3 is 0 Å². The van der Waals surface area contributed by atoms with Gasteiger partial charge in [0.25, 0.3) is 0 Å². The maximum absolute atomic E-state index is 12.5. The van der Waals surface area contributed by atoms with Crippen LogP contribution >= 0.6 is 0 Å². The molecule has 2 aromatic rings. The SMILES string of the molecule is Cc1ccc(-c2noc(CN3CCC(C(=O)NC4CCCCC4)CC3)n2)cc1. The highest BCUT2D eigenvalue weighted by atomic mass is 16.5. The average Bonchev–Trinajstić information content (AvgIpc) is 3.18. The molecule has 1 aromatic heterocycles. The fourth-order valence-corrected chi connectivity index (χ4v) is 4.25. The van der Waals surface area contributed by atoms with Crippen LogP contribution in [0.15, 0.2) is 28.8 Å². The van der Waals surface area contributed by atoms with Crippen LogP contribution in [0.4, 0.5) is 0 Å². The topological polar surface area (TPSA) is 71.3 Å². The third-order valence-corrected chi connectivity index (χ3v) is 6.05. The van der Waals surface area contributed by atoms with Gasteiger partial charge in [-0.3, -0.25) is 9.69 Å². The van der Waals surface area contributed by atoms with Crippen molar-refractivity contribution in [2.45, 2.75) is 64.5 Å². The van der Waals surface area contributed by atoms with Gasteiger partial charge in [-0.05, 0) is 45.7 Å². The summed E-state index contributed by atoms with van der Waals surface area (Å²) in [5, 5.41) is 7.39. The Bertz CT molecular complexity index is 772. The van der Waals surface area contributed by atoms with E-state index in [-0.39, 0.29) is 11.8 Å². The number of hydrogen-bond acceptors (Lipinski definition) is 5. The van der Waals surface area contributed by atoms with Gasteiger partial charge in [0, 0.05) is 17.5 Å². The summed E-state index contributed by atoms with van der Waals surface area (Å²) in [7, 11) is 0. The van der Waals surface area contributed by atoms with E-state index in [1.165, 1.54) is 24.8 Å². The molecule has 1 saturated heterocycles. The van der Waals surface area contributed by atoms with Crippen molar-refractivity contribution in [3.05, 3.63) is 35.7 Å². The van der Waals surface area contributed by atoms with Crippen molar-refractivity contribution < 1.29 is 9.32 Å². The van der Waals surface area contributed by atoms with E-state index >= 15 is 0 Å². The molecule has 0 bridgehead atoms. The van der Waals surface area contributed by atoms with Gasteiger partial charge < -0.3 is 9.84 Å². The van der Waals surface area contributed by atoms with Crippen molar-refractivity contribution in [2.24, 2.45) is 5.92 Å². The van der Waals surface area contributed by atoms with E-state index < -0.39 is 0 Å². The minimum atomic E-state index is 0.143. The van der Waals surface area contributed by atoms with Gasteiger partial charge in [0.1, 0.15) is 0 Å². The number of amides is 1. The highest BCUT2D eigenvalue weighted by Crippen LogP contribution is 2.23. The molecule has 2 aliphatic rings. The van der Waals surface area contributed by atoms with Gasteiger partial charge in [-0.1, -0.05) is 54.2 Å². The first kappa shape index (κ1) is 19.1. The number of nitrogens with zero attached hydrogens (tertiary/aromatic N) is 3. The molecule has 1 N–H and O–H groups in total. The lowest BCUT2D eigenvalue weighted by molar-refractivity contribution is -0.127. The second-order valence-corrected chi connectivity index (χ2v) is 8.27. The van der Waals surface area contributed by atoms with Gasteiger partial charge in [0.15, 0.2) is 0 Å². The van der Waals surface area contributed by atoms with Crippen LogP contribution in [0.2, 0.25) is 0 Å². The molecule has 0 spiro atoms. The van der Waals surface area contributed by atoms with E-state index in [4.69, 9.17) is 4.52 Å². The van der Waals surface area contributed by atoms with Crippen LogP contribution in [-0.4, -0.2) is 40.1 Å². The zero-order chi connectivity index (χ0) is 19.3. The second kappa shape index (κ2) is 8.86. The molecule has 4 rings (SSSR count). The summed E-state index contributed by atoms with van der Waals surface area (Å²) in [5.41, 5.74) is 2.18. The Kier molecular flexibility index (Phi) is 6.05. The Labute approximate surface area is 166 Å². The molecule has 1 amide bonds. The Morgan fingerprint density at radius 2 is 1.82 bits per heavy atom. The quantitative estimate of drug-likeness (QED) is 0.854. The van der Waals surface area contributed by atoms with E-state index in [1.807, 2.05) is 12.1 Å². The summed E-state index contributed by atoms with van der Waals surface area (Å²) in [6.45, 7) is 4.50. The number of piperidine rings is 1. The van der Waals surface area contributed by atoms with Crippen LogP contribution in [0, 0.1) is 12.8 Å². The molecule has 1 saturated carbocycles. The number of likely N-dealkylation sites (tertiary alicyclic amines) is 1. The van der Waals surface area contributed by atoms with Crippen molar-refractivity contribution in [1.82, 2.24) is 20.4 Å². The van der Waals surface area contributed by atoms with Crippen LogP contribution in [0.3, 0.4) is 0 Å². The molecule has 6 heteroatoms. The van der Waals surface area contributed by atoms with Gasteiger partial charge in [-0.2, -0.15) is 4.98 Å². The summed E-state index contributed by atoms with van der Waals surface area (Å²) >= 11 is 0. The molecule has 0 radical (unpaired) electrons. The third kappa shape index (κ3) is 4.79. The van der Waals surface area contributed by atoms with Gasteiger partial charge in [0.2, 0.25) is 17.6 Å². The van der Waals surface area contributed by atoms with Crippen LogP contribution < -0.4 is 5.32 Å². The molecule has 0 atom stereocenters. The Morgan fingerprint density at radius 3 is 2.54 bits per heavy atom. The highest BCUT2D eigenvalue weighted by molar-refractivity contribution is 5.79. The number of carbonyl (C=O) groups excluding carboxylic acids is 1. The second-order valence-electron chi connectivity index (χ2n) is 8.27. The molecule has 2 heterocycles. The van der Waals surface area contributed by atoms with Crippen molar-refractivity contribution in [2.75, 3.05) is 13.1 Å². The lowest BCUT2D eigenvalue weighted by atomic mass is 9.92. The fraction of sp³-hybridized carbons (Fsp3) is 0.591. The van der Waals surface area contributed by atoms with E-state index in [0.29, 0.717) is 24.3 Å². The van der Waals surface area contributed by atoms with Crippen LogP contribution in [-0.2, 0) is 11.3 Å². The first-order valence-electron chi connectivity index (χ1n) is 10.6. The molecule has 28 heavy (non-hydrogen) atoms. The largest absolute Gasteiger partial charge is 0.353 e. The monoisotopic (exact) mass is 382 g/mol. The average molecular weight is 383 g/mol. The van der Waals surface area contributed by atoms with Crippen LogP contribution in [0.25, 0.3) is 11.4 Å². The highest BCUT2D eigenvalue weighted by Gasteiger charge is 2.27. The maximum Gasteiger partial charge on any atom is 0.241 e. The summed E-state index contributed by atoms with van der Waals surface area (Å²) in [5.74, 6) is 1.67. The number of aryl methyl sites for hydroxylation is 1. The Morgan fingerprint density at radius 1 is 1.11 bits per heavy atom. The first-order valence-corrected chi connectivity index (χ1v) is 10.6. The number of carbonyl (C=O) groups is 1. The smallest absolute Gasteiger partial charge is 0.241 e. The number of nitrogens with one attached hydrogen (secondary N) is 1. The van der Waals surface area contributed by atoms with Crippen molar-refractivity contribution in [1.29, 1.82) is 0 Å². The predicted molar refractivity (Wildman–Crippen MR) is 107 cm³/mol. The zero-order valence-corrected chi connectivity index (χ0v) is 16.7. The summed E-state index contributed by atoms with van der Waals surface area (Å²) in [6.07, 6.45) is 7.90. The minimum Gasteiger partial charge on any atom is -0.353 e. The Balaban J connectivity index is 1.25. The van der Waals surface area contributed by atoms with Crippen LogP contribution in [0.1, 0.15) is 56.4 Å². The summed E-state index contributed by atoms with van der Waals surface area (Å²) < 4.78 is 5.44. The molecule has 2 fully saturated rings. The molecule has 0 unspecified atom stereocenters. The van der Waals surface area contributed by atoms with E-state index in [0.717, 1.165) is 44.3 Å². The molecule has 1 aromatic carbocycles. The van der Waals surface area contributed by atoms with Crippen molar-refractivity contribution in [3.63, 3.8) is 0 Å². The number of aromatic nitrogens is 2. The minimum absolute atomic E-state index is 0.143. The van der Waals surface area contributed by atoms with Crippen LogP contribution in [0.5, 0.6) is 0 Å². The molecular weight excluding hydrogens is 352 g/mol. The van der Waals surface area contributed by atoms with Crippen molar-refractivity contribution >= 4 is 5.91 Å². The number of hydrogen-bond donors (Lipinski definition) is 1. The van der Waals surface area contributed by atoms with Gasteiger partial charge in [-0.25, -0.2) is 0 Å². The fourth-order valence-electron chi connectivity index (χ4n) is 4.25. The zero-order valence-electron chi connectivity index (χ0n) is 16.7. The first-order chi connectivity index (χ1) is 13.7. The van der Waals surface area contributed by atoms with Gasteiger partial charge in [0.05, 0.1) is 6.54 Å². The van der Waals surface area contributed by atoms with Crippen molar-refractivity contribution in [3.8, 4) is 11.4 Å². The van der Waals surface area contributed by atoms with Gasteiger partial charge in [-0.15, -0.1) is 0 Å². The molecule has 1 aliphatic heterocycles. The normalized spacial score (nSPS) is 19.6. The Hall–Kier alpha value is -2.21. The molecule has 1 aliphatic carbocycles. The number of rotatable bonds is 5. The van der Waals surface area contributed by atoms with E-state index in [2.05, 4.69) is 39.4 Å². The third-order valence-electron chi connectivity index (χ3n) is 6.05. The molecule has 150 valence electrons. The van der Waals surface area contributed by atoms with E-state index in [1.54, 1.807) is 0 Å². The standard InChI is InChI=1S/C22H30N4O2/c1-16-7-9-17(10-8-16)21-24-20(28-25-21)15-26-13-11-18(12-14-26)22(27)23-19-5-3-2-4-6-19/h7-10,18-19H,2-6,11-15H2,1H3,(H,23,27). The summed E-state index contributed by atoms with van der Waals surface area (Å²) in [6, 6.07) is 8.53. The molecular formula is C22H30N4O2. The maximum atomic E-state index is 12.5.